The molecule has 0 aliphatic carbocycles. The summed E-state index contributed by atoms with van der Waals surface area (Å²) in [5, 5.41) is 0. The Labute approximate surface area is 125 Å². The number of fused-ring (bicyclic) bond motifs is 2. The van der Waals surface area contributed by atoms with Crippen molar-refractivity contribution in [2.24, 2.45) is 0 Å². The topological polar surface area (TPSA) is 38.8 Å². The van der Waals surface area contributed by atoms with Crippen LogP contribution in [-0.2, 0) is 6.54 Å². The monoisotopic (exact) mass is 287 g/mol. The van der Waals surface area contributed by atoms with Crippen molar-refractivity contribution in [3.8, 4) is 11.5 Å². The zero-order chi connectivity index (χ0) is 15.3. The van der Waals surface area contributed by atoms with E-state index in [1.807, 2.05) is 26.8 Å². The van der Waals surface area contributed by atoms with Gasteiger partial charge in [0.15, 0.2) is 5.76 Å². The van der Waals surface area contributed by atoms with Crippen LogP contribution in [0.1, 0.15) is 49.2 Å². The van der Waals surface area contributed by atoms with Crippen LogP contribution < -0.4 is 9.47 Å². The molecule has 2 aliphatic heterocycles. The summed E-state index contributed by atoms with van der Waals surface area (Å²) in [7, 11) is 0. The molecule has 0 saturated heterocycles. The number of rotatable bonds is 1. The Morgan fingerprint density at radius 1 is 1.29 bits per heavy atom. The molecule has 0 fully saturated rings. The second-order valence-electron chi connectivity index (χ2n) is 6.24. The number of carbonyl (C=O) groups excluding carboxylic acids is 1. The van der Waals surface area contributed by atoms with Crippen LogP contribution in [0, 0.1) is 6.92 Å². The molecule has 2 aliphatic rings. The summed E-state index contributed by atoms with van der Waals surface area (Å²) in [5.74, 6) is 1.97. The number of allylic oxidation sites excluding steroid dienone is 2. The fourth-order valence-corrected chi connectivity index (χ4v) is 2.81. The fraction of sp³-hybridized carbons (Fsp3) is 0.471. The van der Waals surface area contributed by atoms with E-state index < -0.39 is 0 Å². The largest absolute Gasteiger partial charge is 0.477 e. The zero-order valence-electron chi connectivity index (χ0n) is 13.2. The molecule has 0 saturated carbocycles. The standard InChI is InChI=1S/C17H21NO3/c1-9(2)15-14(19)13-6-12-7-18(10(3)4)8-20-16(12)11(5)17(13)21-15/h6,10H,7-8H2,1-5H3. The minimum absolute atomic E-state index is 0.0161. The summed E-state index contributed by atoms with van der Waals surface area (Å²) in [6, 6.07) is 2.34. The Bertz CT molecular complexity index is 654. The summed E-state index contributed by atoms with van der Waals surface area (Å²) in [5.41, 5.74) is 3.56. The molecule has 112 valence electrons. The first-order valence-electron chi connectivity index (χ1n) is 7.33. The van der Waals surface area contributed by atoms with Crippen molar-refractivity contribution in [1.29, 1.82) is 0 Å². The summed E-state index contributed by atoms with van der Waals surface area (Å²) < 4.78 is 11.7. The Hall–Kier alpha value is -1.81. The third-order valence-corrected chi connectivity index (χ3v) is 4.12. The number of benzene rings is 1. The lowest BCUT2D eigenvalue weighted by atomic mass is 9.99. The van der Waals surface area contributed by atoms with E-state index in [4.69, 9.17) is 9.47 Å². The highest BCUT2D eigenvalue weighted by Gasteiger charge is 2.34. The third-order valence-electron chi connectivity index (χ3n) is 4.12. The fourth-order valence-electron chi connectivity index (χ4n) is 2.81. The van der Waals surface area contributed by atoms with Gasteiger partial charge in [0.2, 0.25) is 5.78 Å². The minimum atomic E-state index is -0.0161. The van der Waals surface area contributed by atoms with Crippen molar-refractivity contribution < 1.29 is 14.3 Å². The molecule has 1 aromatic rings. The number of ether oxygens (including phenoxy) is 2. The van der Waals surface area contributed by atoms with Gasteiger partial charge in [0.1, 0.15) is 18.2 Å². The Balaban J connectivity index is 2.09. The highest BCUT2D eigenvalue weighted by molar-refractivity contribution is 6.13. The SMILES string of the molecule is CC(C)=C1Oc2c(cc3c(c2C)OCN(C(C)C)C3)C1=O. The number of hydrogen-bond acceptors (Lipinski definition) is 4. The van der Waals surface area contributed by atoms with E-state index in [2.05, 4.69) is 18.7 Å². The Morgan fingerprint density at radius 3 is 2.62 bits per heavy atom. The van der Waals surface area contributed by atoms with Crippen molar-refractivity contribution in [3.05, 3.63) is 34.1 Å². The van der Waals surface area contributed by atoms with E-state index >= 15 is 0 Å². The van der Waals surface area contributed by atoms with Gasteiger partial charge in [-0.25, -0.2) is 0 Å². The van der Waals surface area contributed by atoms with Gasteiger partial charge in [0, 0.05) is 23.7 Å². The van der Waals surface area contributed by atoms with Crippen LogP contribution in [0.15, 0.2) is 17.4 Å². The van der Waals surface area contributed by atoms with Crippen molar-refractivity contribution in [2.45, 2.75) is 47.2 Å². The summed E-state index contributed by atoms with van der Waals surface area (Å²) in [4.78, 5) is 14.7. The van der Waals surface area contributed by atoms with Crippen molar-refractivity contribution in [1.82, 2.24) is 4.90 Å². The Morgan fingerprint density at radius 2 is 2.00 bits per heavy atom. The van der Waals surface area contributed by atoms with Gasteiger partial charge >= 0.3 is 0 Å². The molecule has 4 nitrogen and oxygen atoms in total. The minimum Gasteiger partial charge on any atom is -0.477 e. The molecule has 1 aromatic carbocycles. The first-order chi connectivity index (χ1) is 9.90. The maximum absolute atomic E-state index is 12.5. The lowest BCUT2D eigenvalue weighted by Crippen LogP contribution is -2.37. The highest BCUT2D eigenvalue weighted by Crippen LogP contribution is 2.43. The van der Waals surface area contributed by atoms with E-state index in [1.165, 1.54) is 0 Å². The Kier molecular flexibility index (Phi) is 3.29. The van der Waals surface area contributed by atoms with Crippen molar-refractivity contribution >= 4 is 5.78 Å². The normalized spacial score (nSPS) is 17.4. The van der Waals surface area contributed by atoms with E-state index in [0.717, 1.165) is 29.0 Å². The van der Waals surface area contributed by atoms with Crippen LogP contribution in [0.4, 0.5) is 0 Å². The molecular weight excluding hydrogens is 266 g/mol. The van der Waals surface area contributed by atoms with Crippen LogP contribution in [-0.4, -0.2) is 23.5 Å². The predicted molar refractivity (Wildman–Crippen MR) is 80.7 cm³/mol. The van der Waals surface area contributed by atoms with Gasteiger partial charge in [0.25, 0.3) is 0 Å². The summed E-state index contributed by atoms with van der Waals surface area (Å²) in [6.45, 7) is 11.4. The van der Waals surface area contributed by atoms with Gasteiger partial charge in [-0.2, -0.15) is 0 Å². The van der Waals surface area contributed by atoms with Gasteiger partial charge in [-0.15, -0.1) is 0 Å². The third kappa shape index (κ3) is 2.14. The van der Waals surface area contributed by atoms with E-state index in [9.17, 15) is 4.79 Å². The molecule has 0 spiro atoms. The smallest absolute Gasteiger partial charge is 0.231 e. The molecule has 0 radical (unpaired) electrons. The van der Waals surface area contributed by atoms with Gasteiger partial charge in [0.05, 0.1) is 5.56 Å². The van der Waals surface area contributed by atoms with Crippen molar-refractivity contribution in [3.63, 3.8) is 0 Å². The molecule has 0 atom stereocenters. The quantitative estimate of drug-likeness (QED) is 0.742. The second-order valence-corrected chi connectivity index (χ2v) is 6.24. The second kappa shape index (κ2) is 4.88. The molecule has 2 heterocycles. The number of Topliss-reactive ketones (excluding diaryl/α,β-unsaturated/α-hetero) is 1. The van der Waals surface area contributed by atoms with Crippen LogP contribution in [0.2, 0.25) is 0 Å². The number of nitrogens with zero attached hydrogens (tertiary/aromatic N) is 1. The van der Waals surface area contributed by atoms with E-state index in [-0.39, 0.29) is 5.78 Å². The van der Waals surface area contributed by atoms with Gasteiger partial charge < -0.3 is 9.47 Å². The lowest BCUT2D eigenvalue weighted by Gasteiger charge is -2.32. The maximum Gasteiger partial charge on any atom is 0.231 e. The van der Waals surface area contributed by atoms with Crippen LogP contribution in [0.3, 0.4) is 0 Å². The van der Waals surface area contributed by atoms with Gasteiger partial charge in [-0.3, -0.25) is 9.69 Å². The maximum atomic E-state index is 12.5. The van der Waals surface area contributed by atoms with Crippen molar-refractivity contribution in [2.75, 3.05) is 6.73 Å². The molecule has 0 unspecified atom stereocenters. The average Bonchev–Trinajstić information content (AvgIpc) is 2.76. The van der Waals surface area contributed by atoms with Crippen LogP contribution in [0.5, 0.6) is 11.5 Å². The number of carbonyl (C=O) groups is 1. The van der Waals surface area contributed by atoms with Gasteiger partial charge in [-0.05, 0) is 46.3 Å². The molecule has 21 heavy (non-hydrogen) atoms. The molecule has 0 bridgehead atoms. The first kappa shape index (κ1) is 14.1. The first-order valence-corrected chi connectivity index (χ1v) is 7.33. The average molecular weight is 287 g/mol. The lowest BCUT2D eigenvalue weighted by molar-refractivity contribution is 0.0678. The van der Waals surface area contributed by atoms with E-state index in [1.54, 1.807) is 0 Å². The summed E-state index contributed by atoms with van der Waals surface area (Å²) in [6.07, 6.45) is 0. The number of hydrogen-bond donors (Lipinski definition) is 0. The number of ketones is 1. The molecular formula is C17H21NO3. The predicted octanol–water partition coefficient (Wildman–Crippen LogP) is 3.42. The molecule has 4 heteroatoms. The zero-order valence-corrected chi connectivity index (χ0v) is 13.2. The van der Waals surface area contributed by atoms with Crippen LogP contribution >= 0.6 is 0 Å². The highest BCUT2D eigenvalue weighted by atomic mass is 16.5. The molecule has 0 N–H and O–H groups in total. The van der Waals surface area contributed by atoms with E-state index in [0.29, 0.717) is 29.8 Å². The summed E-state index contributed by atoms with van der Waals surface area (Å²) >= 11 is 0. The van der Waals surface area contributed by atoms with Crippen LogP contribution in [0.25, 0.3) is 0 Å². The molecule has 3 rings (SSSR count). The molecule has 0 aromatic heterocycles. The van der Waals surface area contributed by atoms with Gasteiger partial charge in [-0.1, -0.05) is 0 Å². The molecule has 0 amide bonds.